The van der Waals surface area contributed by atoms with Crippen molar-refractivity contribution in [3.63, 3.8) is 0 Å². The highest BCUT2D eigenvalue weighted by atomic mass is 16.5. The van der Waals surface area contributed by atoms with Crippen molar-refractivity contribution in [2.45, 2.75) is 46.1 Å². The van der Waals surface area contributed by atoms with Crippen LogP contribution in [0.15, 0.2) is 24.4 Å². The first-order valence-electron chi connectivity index (χ1n) is 8.83. The van der Waals surface area contributed by atoms with Gasteiger partial charge in [-0.05, 0) is 50.5 Å². The van der Waals surface area contributed by atoms with Gasteiger partial charge in [0, 0.05) is 23.6 Å². The van der Waals surface area contributed by atoms with Crippen LogP contribution in [0.3, 0.4) is 0 Å². The number of nitrogens with one attached hydrogen (secondary N) is 1. The van der Waals surface area contributed by atoms with Crippen LogP contribution < -0.4 is 10.1 Å². The van der Waals surface area contributed by atoms with Crippen molar-refractivity contribution in [3.05, 3.63) is 41.3 Å². The van der Waals surface area contributed by atoms with Gasteiger partial charge in [-0.1, -0.05) is 6.92 Å². The zero-order chi connectivity index (χ0) is 17.6. The normalized spacial score (nSPS) is 19.9. The van der Waals surface area contributed by atoms with Gasteiger partial charge in [-0.15, -0.1) is 0 Å². The van der Waals surface area contributed by atoms with E-state index in [0.29, 0.717) is 6.54 Å². The van der Waals surface area contributed by atoms with Gasteiger partial charge in [-0.25, -0.2) is 4.98 Å². The molecular formula is C20H23N3O2. The van der Waals surface area contributed by atoms with Crippen molar-refractivity contribution in [2.75, 3.05) is 6.54 Å². The van der Waals surface area contributed by atoms with E-state index in [1.165, 1.54) is 0 Å². The molecule has 2 heterocycles. The van der Waals surface area contributed by atoms with Crippen molar-refractivity contribution >= 4 is 5.91 Å². The first-order valence-corrected chi connectivity index (χ1v) is 8.83. The summed E-state index contributed by atoms with van der Waals surface area (Å²) < 4.78 is 5.98. The Labute approximate surface area is 147 Å². The second-order valence-corrected chi connectivity index (χ2v) is 7.48. The quantitative estimate of drug-likeness (QED) is 0.931. The van der Waals surface area contributed by atoms with Gasteiger partial charge in [0.15, 0.2) is 0 Å². The van der Waals surface area contributed by atoms with Crippen molar-refractivity contribution in [2.24, 2.45) is 5.41 Å². The molecule has 25 heavy (non-hydrogen) atoms. The van der Waals surface area contributed by atoms with Gasteiger partial charge >= 0.3 is 0 Å². The van der Waals surface area contributed by atoms with E-state index in [-0.39, 0.29) is 17.4 Å². The molecule has 1 unspecified atom stereocenters. The topological polar surface area (TPSA) is 64.1 Å². The summed E-state index contributed by atoms with van der Waals surface area (Å²) in [5.41, 5.74) is 4.84. The highest BCUT2D eigenvalue weighted by Crippen LogP contribution is 2.45. The Kier molecular flexibility index (Phi) is 3.74. The lowest BCUT2D eigenvalue weighted by Gasteiger charge is -2.14. The van der Waals surface area contributed by atoms with Crippen LogP contribution in [0.5, 0.6) is 5.75 Å². The van der Waals surface area contributed by atoms with Gasteiger partial charge in [0.05, 0.1) is 23.6 Å². The summed E-state index contributed by atoms with van der Waals surface area (Å²) in [6.45, 7) is 6.50. The van der Waals surface area contributed by atoms with Gasteiger partial charge in [0.25, 0.3) is 0 Å². The number of fused-ring (bicyclic) bond motifs is 1. The standard InChI is InChI=1S/C20H23N3O2/c1-12-10-21-13(2)18(23-12)14-4-5-17-15(8-14)9-16(25-17)11-22-19(24)20(3)6-7-20/h4-5,8,10,16H,6-7,9,11H2,1-3H3,(H,22,24). The first-order chi connectivity index (χ1) is 11.9. The minimum absolute atomic E-state index is 0.00115. The number of hydrogen-bond donors (Lipinski definition) is 1. The summed E-state index contributed by atoms with van der Waals surface area (Å²) >= 11 is 0. The van der Waals surface area contributed by atoms with Crippen LogP contribution in [0, 0.1) is 19.3 Å². The molecule has 1 fully saturated rings. The van der Waals surface area contributed by atoms with Crippen LogP contribution in [0.1, 0.15) is 36.7 Å². The summed E-state index contributed by atoms with van der Waals surface area (Å²) in [7, 11) is 0. The third-order valence-corrected chi connectivity index (χ3v) is 5.19. The maximum atomic E-state index is 12.1. The third-order valence-electron chi connectivity index (χ3n) is 5.19. The molecule has 0 saturated heterocycles. The molecule has 5 heteroatoms. The number of ether oxygens (including phenoxy) is 1. The second kappa shape index (κ2) is 5.83. The largest absolute Gasteiger partial charge is 0.488 e. The molecule has 1 aliphatic heterocycles. The van der Waals surface area contributed by atoms with Crippen LogP contribution in [0.4, 0.5) is 0 Å². The Bertz CT molecular complexity index is 843. The van der Waals surface area contributed by atoms with E-state index in [1.54, 1.807) is 6.20 Å². The smallest absolute Gasteiger partial charge is 0.226 e. The molecule has 0 radical (unpaired) electrons. The Morgan fingerprint density at radius 1 is 1.36 bits per heavy atom. The average Bonchev–Trinajstić information content (AvgIpc) is 3.21. The zero-order valence-electron chi connectivity index (χ0n) is 14.9. The summed E-state index contributed by atoms with van der Waals surface area (Å²) in [6, 6.07) is 6.16. The Balaban J connectivity index is 1.47. The van der Waals surface area contributed by atoms with Crippen molar-refractivity contribution in [1.29, 1.82) is 0 Å². The predicted molar refractivity (Wildman–Crippen MR) is 95.4 cm³/mol. The van der Waals surface area contributed by atoms with E-state index in [4.69, 9.17) is 4.74 Å². The van der Waals surface area contributed by atoms with Crippen LogP contribution in [0.2, 0.25) is 0 Å². The van der Waals surface area contributed by atoms with Crippen LogP contribution in [-0.4, -0.2) is 28.5 Å². The molecule has 5 nitrogen and oxygen atoms in total. The SMILES string of the molecule is Cc1cnc(C)c(-c2ccc3c(c2)CC(CNC(=O)C2(C)CC2)O3)n1. The van der Waals surface area contributed by atoms with Gasteiger partial charge in [0.1, 0.15) is 11.9 Å². The number of hydrogen-bond acceptors (Lipinski definition) is 4. The summed E-state index contributed by atoms with van der Waals surface area (Å²) in [4.78, 5) is 21.1. The van der Waals surface area contributed by atoms with Crippen molar-refractivity contribution in [1.82, 2.24) is 15.3 Å². The maximum absolute atomic E-state index is 12.1. The number of aromatic nitrogens is 2. The van der Waals surface area contributed by atoms with Gasteiger partial charge < -0.3 is 10.1 Å². The minimum Gasteiger partial charge on any atom is -0.488 e. The summed E-state index contributed by atoms with van der Waals surface area (Å²) in [5, 5.41) is 3.04. The van der Waals surface area contributed by atoms with Crippen molar-refractivity contribution in [3.8, 4) is 17.0 Å². The van der Waals surface area contributed by atoms with Gasteiger partial charge in [0.2, 0.25) is 5.91 Å². The highest BCUT2D eigenvalue weighted by Gasteiger charge is 2.44. The Morgan fingerprint density at radius 2 is 2.16 bits per heavy atom. The van der Waals surface area contributed by atoms with Crippen LogP contribution in [0.25, 0.3) is 11.3 Å². The molecule has 1 aromatic carbocycles. The lowest BCUT2D eigenvalue weighted by molar-refractivity contribution is -0.126. The van der Waals surface area contributed by atoms with E-state index < -0.39 is 0 Å². The molecule has 1 amide bonds. The van der Waals surface area contributed by atoms with Gasteiger partial charge in [-0.3, -0.25) is 9.78 Å². The fourth-order valence-electron chi connectivity index (χ4n) is 3.23. The third kappa shape index (κ3) is 3.11. The predicted octanol–water partition coefficient (Wildman–Crippen LogP) is 2.98. The molecular weight excluding hydrogens is 314 g/mol. The lowest BCUT2D eigenvalue weighted by atomic mass is 10.0. The number of amides is 1. The zero-order valence-corrected chi connectivity index (χ0v) is 14.9. The monoisotopic (exact) mass is 337 g/mol. The number of carbonyl (C=O) groups excluding carboxylic acids is 1. The molecule has 4 rings (SSSR count). The fraction of sp³-hybridized carbons (Fsp3) is 0.450. The Morgan fingerprint density at radius 3 is 2.92 bits per heavy atom. The molecule has 1 atom stereocenters. The number of rotatable bonds is 4. The van der Waals surface area contributed by atoms with E-state index in [0.717, 1.165) is 53.2 Å². The lowest BCUT2D eigenvalue weighted by Crippen LogP contribution is -2.38. The van der Waals surface area contributed by atoms with Gasteiger partial charge in [-0.2, -0.15) is 0 Å². The summed E-state index contributed by atoms with van der Waals surface area (Å²) in [5.74, 6) is 1.05. The fourth-order valence-corrected chi connectivity index (χ4v) is 3.23. The Hall–Kier alpha value is -2.43. The molecule has 1 aliphatic carbocycles. The molecule has 0 spiro atoms. The van der Waals surface area contributed by atoms with Crippen molar-refractivity contribution < 1.29 is 9.53 Å². The van der Waals surface area contributed by atoms with Crippen LogP contribution >= 0.6 is 0 Å². The molecule has 130 valence electrons. The number of aryl methyl sites for hydroxylation is 2. The minimum atomic E-state index is -0.139. The molecule has 1 N–H and O–H groups in total. The number of benzene rings is 1. The molecule has 0 bridgehead atoms. The average molecular weight is 337 g/mol. The van der Waals surface area contributed by atoms with E-state index >= 15 is 0 Å². The summed E-state index contributed by atoms with van der Waals surface area (Å²) in [6.07, 6.45) is 4.57. The number of carbonyl (C=O) groups is 1. The molecule has 2 aliphatic rings. The number of nitrogens with zero attached hydrogens (tertiary/aromatic N) is 2. The highest BCUT2D eigenvalue weighted by molar-refractivity contribution is 5.84. The molecule has 1 aromatic heterocycles. The van der Waals surface area contributed by atoms with E-state index in [9.17, 15) is 4.79 Å². The van der Waals surface area contributed by atoms with E-state index in [2.05, 4.69) is 21.4 Å². The first kappa shape index (κ1) is 16.1. The van der Waals surface area contributed by atoms with E-state index in [1.807, 2.05) is 32.9 Å². The second-order valence-electron chi connectivity index (χ2n) is 7.48. The van der Waals surface area contributed by atoms with Crippen LogP contribution in [-0.2, 0) is 11.2 Å². The molecule has 1 saturated carbocycles. The maximum Gasteiger partial charge on any atom is 0.226 e. The molecule has 2 aromatic rings.